The number of hydrogen-bond acceptors (Lipinski definition) is 6. The first-order valence-electron chi connectivity index (χ1n) is 9.10. The van der Waals surface area contributed by atoms with E-state index < -0.39 is 23.8 Å². The molecule has 2 aromatic carbocycles. The van der Waals surface area contributed by atoms with Gasteiger partial charge < -0.3 is 20.5 Å². The smallest absolute Gasteiger partial charge is 0.491 e. The van der Waals surface area contributed by atoms with E-state index in [4.69, 9.17) is 10.5 Å². The maximum atomic E-state index is 12.7. The van der Waals surface area contributed by atoms with Crippen molar-refractivity contribution in [1.82, 2.24) is 4.98 Å². The van der Waals surface area contributed by atoms with E-state index in [1.54, 1.807) is 12.1 Å². The first kappa shape index (κ1) is 21.9. The van der Waals surface area contributed by atoms with Crippen LogP contribution in [-0.2, 0) is 11.2 Å². The van der Waals surface area contributed by atoms with E-state index in [1.165, 1.54) is 19.4 Å². The molecule has 0 saturated carbocycles. The Balaban J connectivity index is 2.22. The molecule has 0 spiro atoms. The Labute approximate surface area is 175 Å². The number of esters is 1. The van der Waals surface area contributed by atoms with Crippen LogP contribution in [0, 0.1) is 0 Å². The largest absolute Gasteiger partial charge is 0.493 e. The summed E-state index contributed by atoms with van der Waals surface area (Å²) in [6, 6.07) is 9.75. The van der Waals surface area contributed by atoms with Crippen LogP contribution in [0.3, 0.4) is 0 Å². The van der Waals surface area contributed by atoms with Crippen molar-refractivity contribution in [3.8, 4) is 11.5 Å². The number of amides is 1. The summed E-state index contributed by atoms with van der Waals surface area (Å²) in [5.41, 5.74) is 7.59. The van der Waals surface area contributed by atoms with Crippen molar-refractivity contribution in [3.63, 3.8) is 0 Å². The minimum Gasteiger partial charge on any atom is -0.493 e. The number of anilines is 2. The molecule has 1 amide bonds. The van der Waals surface area contributed by atoms with E-state index in [0.717, 1.165) is 11.6 Å². The van der Waals surface area contributed by atoms with Gasteiger partial charge in [-0.05, 0) is 24.1 Å². The summed E-state index contributed by atoms with van der Waals surface area (Å²) in [7, 11) is 1.21. The van der Waals surface area contributed by atoms with Gasteiger partial charge in [0.05, 0.1) is 23.9 Å². The van der Waals surface area contributed by atoms with Crippen LogP contribution in [0.1, 0.15) is 22.8 Å². The first-order chi connectivity index (χ1) is 14.7. The van der Waals surface area contributed by atoms with Gasteiger partial charge in [-0.25, -0.2) is 4.79 Å². The van der Waals surface area contributed by atoms with Crippen molar-refractivity contribution in [2.45, 2.75) is 19.5 Å². The minimum absolute atomic E-state index is 0.0108. The number of rotatable bonds is 6. The lowest BCUT2D eigenvalue weighted by Gasteiger charge is -2.17. The Bertz CT molecular complexity index is 1160. The highest BCUT2D eigenvalue weighted by molar-refractivity contribution is 6.08. The summed E-state index contributed by atoms with van der Waals surface area (Å²) in [4.78, 5) is 27.5. The predicted octanol–water partition coefficient (Wildman–Crippen LogP) is 4.12. The first-order valence-corrected chi connectivity index (χ1v) is 9.10. The molecule has 0 bridgehead atoms. The summed E-state index contributed by atoms with van der Waals surface area (Å²) in [6.07, 6.45) is -3.27. The summed E-state index contributed by atoms with van der Waals surface area (Å²) in [6.45, 7) is 1.94. The minimum atomic E-state index is -5.20. The van der Waals surface area contributed by atoms with Crippen molar-refractivity contribution in [3.05, 3.63) is 53.7 Å². The molecule has 3 aromatic rings. The number of nitrogens with two attached hydrogens (primary N) is 1. The van der Waals surface area contributed by atoms with Crippen LogP contribution in [0.25, 0.3) is 10.9 Å². The number of fused-ring (bicyclic) bond motifs is 1. The molecule has 31 heavy (non-hydrogen) atoms. The number of carbonyl (C=O) groups is 2. The molecule has 0 aliphatic rings. The van der Waals surface area contributed by atoms with Gasteiger partial charge in [0.1, 0.15) is 0 Å². The Morgan fingerprint density at radius 2 is 1.87 bits per heavy atom. The molecular weight excluding hydrogens is 415 g/mol. The zero-order chi connectivity index (χ0) is 22.8. The lowest BCUT2D eigenvalue weighted by Crippen LogP contribution is -2.28. The van der Waals surface area contributed by atoms with Crippen LogP contribution in [0.15, 0.2) is 42.6 Å². The fourth-order valence-corrected chi connectivity index (χ4v) is 3.00. The van der Waals surface area contributed by atoms with Gasteiger partial charge in [-0.3, -0.25) is 9.78 Å². The number of aromatic nitrogens is 1. The fraction of sp³-hybridized carbons (Fsp3) is 0.190. The molecule has 0 aliphatic heterocycles. The standard InChI is InChI=1S/C21H18F3N3O4/c1-3-11-6-4-5-7-14(11)27-18-12-8-17(31-20(29)21(22,23)24)16(30-2)9-15(12)26-10-13(18)19(25)28/h4-10H,3H2,1-2H3,(H2,25,28)(H,26,27). The number of benzene rings is 2. The number of nitrogens with zero attached hydrogens (tertiary/aromatic N) is 1. The number of para-hydroxylation sites is 1. The summed E-state index contributed by atoms with van der Waals surface area (Å²) >= 11 is 0. The monoisotopic (exact) mass is 433 g/mol. The number of pyridine rings is 1. The van der Waals surface area contributed by atoms with Gasteiger partial charge in [-0.1, -0.05) is 25.1 Å². The number of halogens is 3. The lowest BCUT2D eigenvalue weighted by molar-refractivity contribution is -0.189. The average molecular weight is 433 g/mol. The van der Waals surface area contributed by atoms with Gasteiger partial charge >= 0.3 is 12.1 Å². The highest BCUT2D eigenvalue weighted by Crippen LogP contribution is 2.38. The third kappa shape index (κ3) is 4.52. The van der Waals surface area contributed by atoms with Crippen LogP contribution in [0.4, 0.5) is 24.5 Å². The predicted molar refractivity (Wildman–Crippen MR) is 108 cm³/mol. The Kier molecular flexibility index (Phi) is 6.00. The number of methoxy groups -OCH3 is 1. The number of nitrogens with one attached hydrogen (secondary N) is 1. The number of alkyl halides is 3. The molecule has 1 heterocycles. The van der Waals surface area contributed by atoms with Crippen LogP contribution >= 0.6 is 0 Å². The van der Waals surface area contributed by atoms with Crippen LogP contribution in [0.2, 0.25) is 0 Å². The highest BCUT2D eigenvalue weighted by atomic mass is 19.4. The second-order valence-corrected chi connectivity index (χ2v) is 6.45. The highest BCUT2D eigenvalue weighted by Gasteiger charge is 2.42. The SMILES string of the molecule is CCc1ccccc1Nc1c(C(N)=O)cnc2cc(OC)c(OC(=O)C(F)(F)F)cc12. The molecule has 162 valence electrons. The van der Waals surface area contributed by atoms with Crippen molar-refractivity contribution in [2.75, 3.05) is 12.4 Å². The summed E-state index contributed by atoms with van der Waals surface area (Å²) in [5.74, 6) is -3.82. The number of hydrogen-bond donors (Lipinski definition) is 2. The van der Waals surface area contributed by atoms with E-state index in [-0.39, 0.29) is 27.9 Å². The zero-order valence-electron chi connectivity index (χ0n) is 16.5. The second-order valence-electron chi connectivity index (χ2n) is 6.45. The number of aryl methyl sites for hydroxylation is 1. The maximum Gasteiger partial charge on any atom is 0.491 e. The van der Waals surface area contributed by atoms with Gasteiger partial charge in [0.25, 0.3) is 5.91 Å². The summed E-state index contributed by atoms with van der Waals surface area (Å²) < 4.78 is 47.7. The van der Waals surface area contributed by atoms with Crippen molar-refractivity contribution in [2.24, 2.45) is 5.73 Å². The lowest BCUT2D eigenvalue weighted by atomic mass is 10.1. The molecule has 7 nitrogen and oxygen atoms in total. The Morgan fingerprint density at radius 1 is 1.16 bits per heavy atom. The Hall–Kier alpha value is -3.82. The normalized spacial score (nSPS) is 11.3. The van der Waals surface area contributed by atoms with Gasteiger partial charge in [0, 0.05) is 23.3 Å². The average Bonchev–Trinajstić information content (AvgIpc) is 2.73. The third-order valence-corrected chi connectivity index (χ3v) is 4.51. The molecule has 0 unspecified atom stereocenters. The van der Waals surface area contributed by atoms with Crippen LogP contribution < -0.4 is 20.5 Å². The van der Waals surface area contributed by atoms with Crippen molar-refractivity contribution < 1.29 is 32.2 Å². The molecule has 0 aliphatic carbocycles. The van der Waals surface area contributed by atoms with Crippen molar-refractivity contribution in [1.29, 1.82) is 0 Å². The van der Waals surface area contributed by atoms with E-state index in [2.05, 4.69) is 15.0 Å². The van der Waals surface area contributed by atoms with Crippen LogP contribution in [-0.4, -0.2) is 30.1 Å². The van der Waals surface area contributed by atoms with Gasteiger partial charge in [0.2, 0.25) is 0 Å². The molecule has 0 radical (unpaired) electrons. The molecular formula is C21H18F3N3O4. The van der Waals surface area contributed by atoms with E-state index in [9.17, 15) is 22.8 Å². The van der Waals surface area contributed by atoms with E-state index in [0.29, 0.717) is 12.1 Å². The van der Waals surface area contributed by atoms with E-state index >= 15 is 0 Å². The Morgan fingerprint density at radius 3 is 2.48 bits per heavy atom. The van der Waals surface area contributed by atoms with E-state index in [1.807, 2.05) is 19.1 Å². The molecule has 1 aromatic heterocycles. The number of carbonyl (C=O) groups excluding carboxylic acids is 2. The fourth-order valence-electron chi connectivity index (χ4n) is 3.00. The molecule has 3 rings (SSSR count). The maximum absolute atomic E-state index is 12.7. The molecule has 0 atom stereocenters. The summed E-state index contributed by atoms with van der Waals surface area (Å²) in [5, 5.41) is 3.34. The van der Waals surface area contributed by atoms with Gasteiger partial charge in [0.15, 0.2) is 11.5 Å². The zero-order valence-corrected chi connectivity index (χ0v) is 16.5. The molecule has 3 N–H and O–H groups in total. The molecule has 10 heteroatoms. The van der Waals surface area contributed by atoms with Crippen LogP contribution in [0.5, 0.6) is 11.5 Å². The van der Waals surface area contributed by atoms with Crippen molar-refractivity contribution >= 4 is 34.2 Å². The third-order valence-electron chi connectivity index (χ3n) is 4.51. The number of primary amides is 1. The molecule has 0 fully saturated rings. The second kappa shape index (κ2) is 8.50. The molecule has 0 saturated heterocycles. The topological polar surface area (TPSA) is 104 Å². The quantitative estimate of drug-likeness (QED) is 0.448. The number of ether oxygens (including phenoxy) is 2. The van der Waals surface area contributed by atoms with Gasteiger partial charge in [-0.15, -0.1) is 0 Å². The van der Waals surface area contributed by atoms with Gasteiger partial charge in [-0.2, -0.15) is 13.2 Å².